The number of ether oxygens (including phenoxy) is 2. The van der Waals surface area contributed by atoms with Crippen molar-refractivity contribution in [3.63, 3.8) is 0 Å². The first kappa shape index (κ1) is 27.5. The summed E-state index contributed by atoms with van der Waals surface area (Å²) < 4.78 is 104. The summed E-state index contributed by atoms with van der Waals surface area (Å²) in [6.45, 7) is -0.180. The van der Waals surface area contributed by atoms with Crippen LogP contribution in [0.15, 0.2) is 29.6 Å². The zero-order chi connectivity index (χ0) is 27.9. The lowest BCUT2D eigenvalue weighted by molar-refractivity contribution is -0.155. The van der Waals surface area contributed by atoms with Crippen LogP contribution >= 0.6 is 11.3 Å². The average molecular weight is 579 g/mol. The predicted molar refractivity (Wildman–Crippen MR) is 122 cm³/mol. The number of nitrogens with zero attached hydrogens (tertiary/aromatic N) is 4. The third-order valence-electron chi connectivity index (χ3n) is 6.57. The lowest BCUT2D eigenvalue weighted by Gasteiger charge is -2.31. The molecule has 7 nitrogen and oxygen atoms in total. The molecule has 1 saturated heterocycles. The smallest absolute Gasteiger partial charge is 0.342 e. The molecule has 0 saturated carbocycles. The van der Waals surface area contributed by atoms with E-state index >= 15 is 0 Å². The van der Waals surface area contributed by atoms with Crippen LogP contribution < -0.4 is 0 Å². The van der Waals surface area contributed by atoms with E-state index in [1.54, 1.807) is 11.4 Å². The van der Waals surface area contributed by atoms with Gasteiger partial charge in [0.25, 0.3) is 0 Å². The van der Waals surface area contributed by atoms with Crippen molar-refractivity contribution < 1.29 is 45.0 Å². The van der Waals surface area contributed by atoms with Crippen LogP contribution in [0, 0.1) is 5.82 Å². The van der Waals surface area contributed by atoms with E-state index in [1.165, 1.54) is 28.4 Å². The Kier molecular flexibility index (Phi) is 7.41. The van der Waals surface area contributed by atoms with Gasteiger partial charge in [-0.05, 0) is 36.1 Å². The molecule has 2 aromatic heterocycles. The molecule has 1 atom stereocenters. The normalized spacial score (nSPS) is 19.2. The topological polar surface area (TPSA) is 69.5 Å². The Morgan fingerprint density at radius 3 is 2.36 bits per heavy atom. The molecular formula is C24H21F7N4O3S. The number of halogens is 7. The summed E-state index contributed by atoms with van der Waals surface area (Å²) in [5, 5.41) is 5.56. The van der Waals surface area contributed by atoms with Crippen LogP contribution in [0.2, 0.25) is 0 Å². The quantitative estimate of drug-likeness (QED) is 0.374. The van der Waals surface area contributed by atoms with Gasteiger partial charge in [0.1, 0.15) is 23.7 Å². The van der Waals surface area contributed by atoms with Gasteiger partial charge in [-0.3, -0.25) is 9.48 Å². The Balaban J connectivity index is 1.19. The Hall–Kier alpha value is -3.04. The second-order valence-electron chi connectivity index (χ2n) is 9.20. The number of carbonyl (C=O) groups excluding carboxylic acids is 1. The summed E-state index contributed by atoms with van der Waals surface area (Å²) in [4.78, 5) is 18.6. The number of hydrogen-bond donors (Lipinski definition) is 0. The monoisotopic (exact) mass is 578 g/mol. The van der Waals surface area contributed by atoms with Crippen LogP contribution in [0.4, 0.5) is 30.7 Å². The number of fused-ring (bicyclic) bond motifs is 1. The highest BCUT2D eigenvalue weighted by atomic mass is 32.1. The Bertz CT molecular complexity index is 1350. The van der Waals surface area contributed by atoms with Gasteiger partial charge in [-0.15, -0.1) is 11.3 Å². The predicted octanol–water partition coefficient (Wildman–Crippen LogP) is 5.67. The van der Waals surface area contributed by atoms with Gasteiger partial charge in [0.05, 0.1) is 18.2 Å². The minimum Gasteiger partial charge on any atom is -0.342 e. The molecule has 5 rings (SSSR count). The molecule has 0 N–H and O–H groups in total. The molecule has 210 valence electrons. The number of carbonyl (C=O) groups is 1. The number of rotatable bonds is 4. The first-order valence-electron chi connectivity index (χ1n) is 11.8. The Morgan fingerprint density at radius 2 is 1.69 bits per heavy atom. The molecule has 0 bridgehead atoms. The van der Waals surface area contributed by atoms with Crippen molar-refractivity contribution in [2.24, 2.45) is 0 Å². The van der Waals surface area contributed by atoms with Crippen molar-refractivity contribution in [3.8, 4) is 0 Å². The number of aromatic nitrogens is 3. The summed E-state index contributed by atoms with van der Waals surface area (Å²) in [5.41, 5.74) is -1.28. The second-order valence-corrected chi connectivity index (χ2v) is 10.1. The van der Waals surface area contributed by atoms with Gasteiger partial charge >= 0.3 is 12.4 Å². The van der Waals surface area contributed by atoms with Gasteiger partial charge in [0, 0.05) is 30.5 Å². The molecule has 1 fully saturated rings. The zero-order valence-corrected chi connectivity index (χ0v) is 20.9. The molecule has 1 amide bonds. The first-order valence-corrected chi connectivity index (χ1v) is 12.7. The average Bonchev–Trinajstić information content (AvgIpc) is 3.48. The van der Waals surface area contributed by atoms with Gasteiger partial charge in [-0.2, -0.15) is 31.4 Å². The van der Waals surface area contributed by atoms with Crippen LogP contribution in [-0.4, -0.2) is 38.7 Å². The van der Waals surface area contributed by atoms with Gasteiger partial charge in [-0.1, -0.05) is 6.07 Å². The number of amides is 1. The lowest BCUT2D eigenvalue weighted by atomic mass is 9.97. The molecule has 2 aliphatic heterocycles. The number of likely N-dealkylation sites (tertiary alicyclic amines) is 1. The van der Waals surface area contributed by atoms with Crippen LogP contribution in [0.3, 0.4) is 0 Å². The first-order chi connectivity index (χ1) is 18.4. The molecular weight excluding hydrogens is 557 g/mol. The Labute approximate surface area is 221 Å². The van der Waals surface area contributed by atoms with E-state index < -0.39 is 42.5 Å². The fraction of sp³-hybridized carbons (Fsp3) is 0.458. The fourth-order valence-electron chi connectivity index (χ4n) is 4.52. The molecule has 39 heavy (non-hydrogen) atoms. The van der Waals surface area contributed by atoms with E-state index in [2.05, 4.69) is 10.1 Å². The summed E-state index contributed by atoms with van der Waals surface area (Å²) in [7, 11) is 0. The molecule has 1 unspecified atom stereocenters. The highest BCUT2D eigenvalue weighted by Crippen LogP contribution is 2.36. The number of thiazole rings is 1. The van der Waals surface area contributed by atoms with E-state index in [4.69, 9.17) is 9.47 Å². The van der Waals surface area contributed by atoms with Crippen molar-refractivity contribution in [2.45, 2.75) is 57.2 Å². The van der Waals surface area contributed by atoms with Crippen LogP contribution in [0.1, 0.15) is 58.3 Å². The molecule has 0 spiro atoms. The molecule has 3 aromatic rings. The highest BCUT2D eigenvalue weighted by Gasteiger charge is 2.42. The van der Waals surface area contributed by atoms with Crippen LogP contribution in [-0.2, 0) is 46.4 Å². The van der Waals surface area contributed by atoms with Crippen molar-refractivity contribution in [2.75, 3.05) is 13.1 Å². The largest absolute Gasteiger partial charge is 0.435 e. The fourth-order valence-corrected chi connectivity index (χ4v) is 5.52. The third kappa shape index (κ3) is 6.09. The summed E-state index contributed by atoms with van der Waals surface area (Å²) in [5.74, 6) is -1.16. The highest BCUT2D eigenvalue weighted by molar-refractivity contribution is 7.09. The van der Waals surface area contributed by atoms with E-state index in [9.17, 15) is 35.5 Å². The van der Waals surface area contributed by atoms with E-state index in [1.807, 2.05) is 0 Å². The maximum Gasteiger partial charge on any atom is 0.435 e. The minimum absolute atomic E-state index is 0.0304. The van der Waals surface area contributed by atoms with Crippen LogP contribution in [0.25, 0.3) is 0 Å². The zero-order valence-electron chi connectivity index (χ0n) is 20.1. The molecule has 2 aliphatic rings. The third-order valence-corrected chi connectivity index (χ3v) is 7.60. The molecule has 15 heteroatoms. The molecule has 4 heterocycles. The number of piperidine rings is 1. The standard InChI is InChI=1S/C24H21F7N4O3S/c25-16-2-1-14-10-37-22(38-11-15(14)7-16)17-12-39-21(32-17)13-3-5-34(6-4-13)20(36)9-35-19(24(29,30)31)8-18(33-35)23(26,27)28/h1-2,7-8,12-13,22H,3-6,9-11H2. The lowest BCUT2D eigenvalue weighted by Crippen LogP contribution is -2.40. The Morgan fingerprint density at radius 1 is 1.00 bits per heavy atom. The SMILES string of the molecule is O=C(Cn1nc(C(F)(F)F)cc1C(F)(F)F)N1CCC(c2nc(C3OCc4ccc(F)cc4CO3)cs2)CC1. The molecule has 0 radical (unpaired) electrons. The molecule has 1 aromatic carbocycles. The summed E-state index contributed by atoms with van der Waals surface area (Å²) in [6, 6.07) is 4.29. The van der Waals surface area contributed by atoms with Crippen LogP contribution in [0.5, 0.6) is 0 Å². The second kappa shape index (κ2) is 10.5. The van der Waals surface area contributed by atoms with Gasteiger partial charge in [0.2, 0.25) is 12.2 Å². The van der Waals surface area contributed by atoms with Crippen molar-refractivity contribution in [1.82, 2.24) is 19.7 Å². The van der Waals surface area contributed by atoms with E-state index in [-0.39, 0.29) is 48.8 Å². The van der Waals surface area contributed by atoms with Crippen molar-refractivity contribution >= 4 is 17.2 Å². The van der Waals surface area contributed by atoms with Gasteiger partial charge < -0.3 is 14.4 Å². The van der Waals surface area contributed by atoms with E-state index in [0.29, 0.717) is 24.1 Å². The number of alkyl halides is 6. The summed E-state index contributed by atoms with van der Waals surface area (Å²) >= 11 is 1.38. The summed E-state index contributed by atoms with van der Waals surface area (Å²) in [6.07, 6.45) is -9.99. The molecule has 0 aliphatic carbocycles. The number of benzene rings is 1. The number of hydrogen-bond acceptors (Lipinski definition) is 6. The minimum atomic E-state index is -5.10. The van der Waals surface area contributed by atoms with Crippen molar-refractivity contribution in [1.29, 1.82) is 0 Å². The maximum atomic E-state index is 13.5. The van der Waals surface area contributed by atoms with E-state index in [0.717, 1.165) is 10.6 Å². The maximum absolute atomic E-state index is 13.5. The van der Waals surface area contributed by atoms with Gasteiger partial charge in [-0.25, -0.2) is 9.37 Å². The van der Waals surface area contributed by atoms with Crippen molar-refractivity contribution in [3.05, 3.63) is 68.7 Å². The van der Waals surface area contributed by atoms with Gasteiger partial charge in [0.15, 0.2) is 5.69 Å².